The highest BCUT2D eigenvalue weighted by molar-refractivity contribution is 5.78. The second-order valence-electron chi connectivity index (χ2n) is 7.44. The Bertz CT molecular complexity index is 882. The van der Waals surface area contributed by atoms with Gasteiger partial charge < -0.3 is 5.32 Å². The number of amides is 1. The van der Waals surface area contributed by atoms with Crippen LogP contribution < -0.4 is 5.32 Å². The molecular formula is C20H25N7O. The SMILES string of the molecule is CC(Cn1cccn1)C(=O)NC1CCC(n2nnc(-c3ccccc3)n2)CC1. The Balaban J connectivity index is 1.28. The van der Waals surface area contributed by atoms with Gasteiger partial charge in [0.15, 0.2) is 0 Å². The van der Waals surface area contributed by atoms with E-state index in [1.807, 2.05) is 49.5 Å². The van der Waals surface area contributed by atoms with Gasteiger partial charge >= 0.3 is 0 Å². The number of nitrogens with one attached hydrogen (secondary N) is 1. The maximum atomic E-state index is 12.5. The molecular weight excluding hydrogens is 354 g/mol. The molecule has 1 aliphatic carbocycles. The molecule has 1 aromatic carbocycles. The molecule has 1 atom stereocenters. The summed E-state index contributed by atoms with van der Waals surface area (Å²) in [6, 6.07) is 12.2. The molecule has 0 radical (unpaired) electrons. The molecule has 4 rings (SSSR count). The lowest BCUT2D eigenvalue weighted by molar-refractivity contribution is -0.126. The standard InChI is InChI=1S/C20H25N7O/c1-15(14-26-13-5-12-21-26)20(28)22-17-8-10-18(11-9-17)27-24-19(23-25-27)16-6-3-2-4-7-16/h2-7,12-13,15,17-18H,8-11,14H2,1H3,(H,22,28). The molecule has 0 saturated heterocycles. The van der Waals surface area contributed by atoms with Gasteiger partial charge in [-0.2, -0.15) is 9.90 Å². The monoisotopic (exact) mass is 379 g/mol. The smallest absolute Gasteiger partial charge is 0.224 e. The molecule has 1 amide bonds. The predicted molar refractivity (Wildman–Crippen MR) is 104 cm³/mol. The Kier molecular flexibility index (Phi) is 5.45. The summed E-state index contributed by atoms with van der Waals surface area (Å²) in [6.45, 7) is 2.53. The molecule has 8 heteroatoms. The summed E-state index contributed by atoms with van der Waals surface area (Å²) in [7, 11) is 0. The van der Waals surface area contributed by atoms with E-state index in [4.69, 9.17) is 0 Å². The number of hydrogen-bond donors (Lipinski definition) is 1. The minimum absolute atomic E-state index is 0.0872. The van der Waals surface area contributed by atoms with Crippen LogP contribution in [0.5, 0.6) is 0 Å². The van der Waals surface area contributed by atoms with E-state index in [1.165, 1.54) is 0 Å². The van der Waals surface area contributed by atoms with Gasteiger partial charge in [0.1, 0.15) is 0 Å². The van der Waals surface area contributed by atoms with Gasteiger partial charge in [0.2, 0.25) is 11.7 Å². The van der Waals surface area contributed by atoms with Crippen molar-refractivity contribution in [1.82, 2.24) is 35.3 Å². The molecule has 0 aliphatic heterocycles. The number of carbonyl (C=O) groups is 1. The molecule has 0 bridgehead atoms. The highest BCUT2D eigenvalue weighted by atomic mass is 16.2. The zero-order chi connectivity index (χ0) is 19.3. The van der Waals surface area contributed by atoms with Gasteiger partial charge in [0, 0.05) is 24.0 Å². The Labute approximate surface area is 163 Å². The second kappa shape index (κ2) is 8.33. The molecule has 8 nitrogen and oxygen atoms in total. The minimum Gasteiger partial charge on any atom is -0.353 e. The van der Waals surface area contributed by atoms with E-state index < -0.39 is 0 Å². The van der Waals surface area contributed by atoms with E-state index in [2.05, 4.69) is 25.8 Å². The molecule has 0 spiro atoms. The lowest BCUT2D eigenvalue weighted by Gasteiger charge is -2.29. The summed E-state index contributed by atoms with van der Waals surface area (Å²) in [5.74, 6) is 0.635. The number of tetrazole rings is 1. The van der Waals surface area contributed by atoms with E-state index in [-0.39, 0.29) is 23.9 Å². The quantitative estimate of drug-likeness (QED) is 0.710. The van der Waals surface area contributed by atoms with Crippen molar-refractivity contribution >= 4 is 5.91 Å². The molecule has 1 N–H and O–H groups in total. The fraction of sp³-hybridized carbons (Fsp3) is 0.450. The average molecular weight is 379 g/mol. The highest BCUT2D eigenvalue weighted by Gasteiger charge is 2.26. The molecule has 146 valence electrons. The van der Waals surface area contributed by atoms with Crippen LogP contribution in [0.25, 0.3) is 11.4 Å². The molecule has 1 aliphatic rings. The molecule has 1 saturated carbocycles. The normalized spacial score (nSPS) is 20.6. The van der Waals surface area contributed by atoms with Gasteiger partial charge in [-0.05, 0) is 37.0 Å². The number of aromatic nitrogens is 6. The lowest BCUT2D eigenvalue weighted by atomic mass is 9.91. The maximum absolute atomic E-state index is 12.5. The predicted octanol–water partition coefficient (Wildman–Crippen LogP) is 2.47. The van der Waals surface area contributed by atoms with E-state index in [0.29, 0.717) is 12.4 Å². The van der Waals surface area contributed by atoms with Crippen LogP contribution in [0.3, 0.4) is 0 Å². The van der Waals surface area contributed by atoms with E-state index in [1.54, 1.807) is 15.7 Å². The molecule has 1 unspecified atom stereocenters. The highest BCUT2D eigenvalue weighted by Crippen LogP contribution is 2.28. The zero-order valence-electron chi connectivity index (χ0n) is 16.0. The fourth-order valence-corrected chi connectivity index (χ4v) is 3.65. The van der Waals surface area contributed by atoms with Crippen LogP contribution >= 0.6 is 0 Å². The Hall–Kier alpha value is -3.03. The van der Waals surface area contributed by atoms with Crippen molar-refractivity contribution in [3.05, 3.63) is 48.8 Å². The van der Waals surface area contributed by atoms with Crippen LogP contribution in [0.1, 0.15) is 38.6 Å². The fourth-order valence-electron chi connectivity index (χ4n) is 3.65. The first-order chi connectivity index (χ1) is 13.7. The Morgan fingerprint density at radius 2 is 1.96 bits per heavy atom. The summed E-state index contributed by atoms with van der Waals surface area (Å²) in [5.41, 5.74) is 0.973. The number of hydrogen-bond acceptors (Lipinski definition) is 5. The number of nitrogens with zero attached hydrogens (tertiary/aromatic N) is 6. The molecule has 2 heterocycles. The number of benzene rings is 1. The first kappa shape index (κ1) is 18.3. The van der Waals surface area contributed by atoms with Gasteiger partial charge in [0.25, 0.3) is 0 Å². The van der Waals surface area contributed by atoms with Crippen LogP contribution in [0, 0.1) is 5.92 Å². The van der Waals surface area contributed by atoms with Gasteiger partial charge in [-0.1, -0.05) is 37.3 Å². The third kappa shape index (κ3) is 4.27. The molecule has 1 fully saturated rings. The van der Waals surface area contributed by atoms with Crippen molar-refractivity contribution in [2.24, 2.45) is 5.92 Å². The average Bonchev–Trinajstić information content (AvgIpc) is 3.41. The number of rotatable bonds is 6. The topological polar surface area (TPSA) is 90.5 Å². The van der Waals surface area contributed by atoms with Crippen molar-refractivity contribution in [3.8, 4) is 11.4 Å². The van der Waals surface area contributed by atoms with Crippen LogP contribution in [0.2, 0.25) is 0 Å². The first-order valence-electron chi connectivity index (χ1n) is 9.82. The van der Waals surface area contributed by atoms with Gasteiger partial charge in [-0.25, -0.2) is 0 Å². The Morgan fingerprint density at radius 3 is 2.68 bits per heavy atom. The summed E-state index contributed by atoms with van der Waals surface area (Å²) < 4.78 is 1.79. The van der Waals surface area contributed by atoms with E-state index >= 15 is 0 Å². The summed E-state index contributed by atoms with van der Waals surface area (Å²) in [5, 5.41) is 20.4. The van der Waals surface area contributed by atoms with Crippen LogP contribution in [-0.4, -0.2) is 41.9 Å². The molecule has 3 aromatic rings. The summed E-state index contributed by atoms with van der Waals surface area (Å²) in [6.07, 6.45) is 7.32. The molecule has 2 aromatic heterocycles. The number of carbonyl (C=O) groups excluding carboxylic acids is 1. The van der Waals surface area contributed by atoms with Gasteiger partial charge in [-0.3, -0.25) is 9.48 Å². The lowest BCUT2D eigenvalue weighted by Crippen LogP contribution is -2.41. The Morgan fingerprint density at radius 1 is 1.18 bits per heavy atom. The summed E-state index contributed by atoms with van der Waals surface area (Å²) in [4.78, 5) is 14.2. The second-order valence-corrected chi connectivity index (χ2v) is 7.44. The van der Waals surface area contributed by atoms with Crippen molar-refractivity contribution in [2.45, 2.75) is 51.2 Å². The third-order valence-corrected chi connectivity index (χ3v) is 5.30. The largest absolute Gasteiger partial charge is 0.353 e. The van der Waals surface area contributed by atoms with E-state index in [9.17, 15) is 4.79 Å². The minimum atomic E-state index is -0.108. The van der Waals surface area contributed by atoms with Gasteiger partial charge in [0.05, 0.1) is 18.5 Å². The van der Waals surface area contributed by atoms with E-state index in [0.717, 1.165) is 31.2 Å². The maximum Gasteiger partial charge on any atom is 0.224 e. The van der Waals surface area contributed by atoms with Crippen LogP contribution in [-0.2, 0) is 11.3 Å². The van der Waals surface area contributed by atoms with Crippen LogP contribution in [0.15, 0.2) is 48.8 Å². The van der Waals surface area contributed by atoms with Crippen molar-refractivity contribution < 1.29 is 4.79 Å². The van der Waals surface area contributed by atoms with Gasteiger partial charge in [-0.15, -0.1) is 10.2 Å². The van der Waals surface area contributed by atoms with Crippen molar-refractivity contribution in [2.75, 3.05) is 0 Å². The molecule has 28 heavy (non-hydrogen) atoms. The zero-order valence-corrected chi connectivity index (χ0v) is 16.0. The summed E-state index contributed by atoms with van der Waals surface area (Å²) >= 11 is 0. The van der Waals surface area contributed by atoms with Crippen LogP contribution in [0.4, 0.5) is 0 Å². The van der Waals surface area contributed by atoms with Crippen molar-refractivity contribution in [3.63, 3.8) is 0 Å². The third-order valence-electron chi connectivity index (χ3n) is 5.30. The van der Waals surface area contributed by atoms with Crippen molar-refractivity contribution in [1.29, 1.82) is 0 Å². The first-order valence-corrected chi connectivity index (χ1v) is 9.82.